The van der Waals surface area contributed by atoms with Gasteiger partial charge < -0.3 is 10.2 Å². The highest BCUT2D eigenvalue weighted by Gasteiger charge is 2.46. The largest absolute Gasteiger partial charge is 0.508 e. The molecule has 0 bridgehead atoms. The van der Waals surface area contributed by atoms with Crippen LogP contribution in [-0.4, -0.2) is 10.2 Å². The second-order valence-electron chi connectivity index (χ2n) is 12.1. The van der Waals surface area contributed by atoms with Crippen molar-refractivity contribution in [3.05, 3.63) is 118 Å². The predicted octanol–water partition coefficient (Wildman–Crippen LogP) is 9.56. The van der Waals surface area contributed by atoms with Gasteiger partial charge in [0.15, 0.2) is 0 Å². The molecule has 0 saturated heterocycles. The minimum Gasteiger partial charge on any atom is -0.508 e. The van der Waals surface area contributed by atoms with Gasteiger partial charge >= 0.3 is 0 Å². The average molecular weight is 515 g/mol. The van der Waals surface area contributed by atoms with Crippen molar-refractivity contribution >= 4 is 0 Å². The minimum absolute atomic E-state index is 0.403. The van der Waals surface area contributed by atoms with Gasteiger partial charge in [0, 0.05) is 0 Å². The molecule has 4 aromatic carbocycles. The maximum absolute atomic E-state index is 11.1. The Hall–Kier alpha value is -3.52. The zero-order valence-corrected chi connectivity index (χ0v) is 22.7. The third-order valence-corrected chi connectivity index (χ3v) is 9.96. The number of fused-ring (bicyclic) bond motifs is 3. The van der Waals surface area contributed by atoms with E-state index in [2.05, 4.69) is 72.8 Å². The minimum atomic E-state index is -0.512. The molecule has 39 heavy (non-hydrogen) atoms. The van der Waals surface area contributed by atoms with E-state index in [1.54, 1.807) is 0 Å². The number of phenols is 2. The SMILES string of the molecule is Oc1ccc(C2(c3ccc(O)c(C4CCCCC4)c3)c3ccccc3-c3ccccc32)cc1C1CCCCC1. The van der Waals surface area contributed by atoms with E-state index in [4.69, 9.17) is 0 Å². The van der Waals surface area contributed by atoms with Gasteiger partial charge in [0.25, 0.3) is 0 Å². The zero-order chi connectivity index (χ0) is 26.4. The fourth-order valence-electron chi connectivity index (χ4n) is 8.08. The highest BCUT2D eigenvalue weighted by atomic mass is 16.3. The predicted molar refractivity (Wildman–Crippen MR) is 159 cm³/mol. The van der Waals surface area contributed by atoms with Crippen LogP contribution in [0.3, 0.4) is 0 Å². The summed E-state index contributed by atoms with van der Waals surface area (Å²) in [6.45, 7) is 0. The fourth-order valence-corrected chi connectivity index (χ4v) is 8.08. The zero-order valence-electron chi connectivity index (χ0n) is 22.7. The second-order valence-corrected chi connectivity index (χ2v) is 12.1. The summed E-state index contributed by atoms with van der Waals surface area (Å²) in [7, 11) is 0. The third kappa shape index (κ3) is 3.91. The lowest BCUT2D eigenvalue weighted by Crippen LogP contribution is -2.29. The molecule has 2 fully saturated rings. The van der Waals surface area contributed by atoms with Gasteiger partial charge in [-0.25, -0.2) is 0 Å². The van der Waals surface area contributed by atoms with Gasteiger partial charge in [-0.05, 0) is 94.2 Å². The van der Waals surface area contributed by atoms with Gasteiger partial charge in [-0.1, -0.05) is 111 Å². The Balaban J connectivity index is 1.51. The van der Waals surface area contributed by atoms with Crippen LogP contribution in [0.25, 0.3) is 11.1 Å². The summed E-state index contributed by atoms with van der Waals surface area (Å²) < 4.78 is 0. The molecule has 2 heteroatoms. The molecule has 0 aliphatic heterocycles. The monoisotopic (exact) mass is 514 g/mol. The number of rotatable bonds is 4. The summed E-state index contributed by atoms with van der Waals surface area (Å²) in [5.74, 6) is 1.66. The quantitative estimate of drug-likeness (QED) is 0.251. The Bertz CT molecular complexity index is 1390. The van der Waals surface area contributed by atoms with Crippen molar-refractivity contribution in [1.29, 1.82) is 0 Å². The van der Waals surface area contributed by atoms with Crippen molar-refractivity contribution in [2.75, 3.05) is 0 Å². The standard InChI is InChI=1S/C37H38O2/c38-35-21-19-27(23-31(35)25-11-3-1-4-12-25)37(28-20-22-36(39)32(24-28)26-13-5-2-6-14-26)33-17-9-7-15-29(33)30-16-8-10-18-34(30)37/h7-10,15-26,38-39H,1-6,11-14H2. The van der Waals surface area contributed by atoms with Crippen molar-refractivity contribution in [2.45, 2.75) is 81.5 Å². The molecule has 0 radical (unpaired) electrons. The molecule has 2 nitrogen and oxygen atoms in total. The van der Waals surface area contributed by atoms with Crippen LogP contribution in [0.15, 0.2) is 84.9 Å². The lowest BCUT2D eigenvalue weighted by atomic mass is 9.66. The maximum Gasteiger partial charge on any atom is 0.119 e. The molecule has 2 saturated carbocycles. The summed E-state index contributed by atoms with van der Waals surface area (Å²) in [6.07, 6.45) is 12.1. The molecule has 0 unspecified atom stereocenters. The number of hydrogen-bond donors (Lipinski definition) is 2. The third-order valence-electron chi connectivity index (χ3n) is 9.96. The molecular formula is C37H38O2. The van der Waals surface area contributed by atoms with Crippen LogP contribution in [0.2, 0.25) is 0 Å². The molecule has 2 N–H and O–H groups in total. The summed E-state index contributed by atoms with van der Waals surface area (Å²) >= 11 is 0. The van der Waals surface area contributed by atoms with Crippen LogP contribution in [-0.2, 0) is 5.41 Å². The Labute approximate surface area is 232 Å². The number of phenolic OH excluding ortho intramolecular Hbond substituents is 2. The van der Waals surface area contributed by atoms with Crippen molar-refractivity contribution < 1.29 is 10.2 Å². The van der Waals surface area contributed by atoms with Gasteiger partial charge in [-0.15, -0.1) is 0 Å². The van der Waals surface area contributed by atoms with Crippen molar-refractivity contribution in [2.24, 2.45) is 0 Å². The van der Waals surface area contributed by atoms with E-state index in [1.807, 2.05) is 12.1 Å². The molecule has 4 aromatic rings. The van der Waals surface area contributed by atoms with Gasteiger partial charge in [0.05, 0.1) is 5.41 Å². The first-order valence-corrected chi connectivity index (χ1v) is 15.0. The molecule has 0 atom stereocenters. The van der Waals surface area contributed by atoms with E-state index in [1.165, 1.54) is 71.9 Å². The van der Waals surface area contributed by atoms with E-state index >= 15 is 0 Å². The van der Waals surface area contributed by atoms with Crippen LogP contribution in [0, 0.1) is 0 Å². The van der Waals surface area contributed by atoms with Crippen molar-refractivity contribution in [1.82, 2.24) is 0 Å². The first kappa shape index (κ1) is 24.5. The molecule has 0 aromatic heterocycles. The maximum atomic E-state index is 11.1. The smallest absolute Gasteiger partial charge is 0.119 e. The van der Waals surface area contributed by atoms with Crippen LogP contribution in [0.4, 0.5) is 0 Å². The Morgan fingerprint density at radius 3 is 1.33 bits per heavy atom. The van der Waals surface area contributed by atoms with Gasteiger partial charge in [0.2, 0.25) is 0 Å². The van der Waals surface area contributed by atoms with Gasteiger partial charge in [0.1, 0.15) is 11.5 Å². The first-order valence-electron chi connectivity index (χ1n) is 15.0. The molecule has 3 aliphatic rings. The molecule has 0 heterocycles. The van der Waals surface area contributed by atoms with Crippen LogP contribution in [0.5, 0.6) is 11.5 Å². The molecule has 0 amide bonds. The topological polar surface area (TPSA) is 40.5 Å². The van der Waals surface area contributed by atoms with Gasteiger partial charge in [-0.3, -0.25) is 0 Å². The normalized spacial score (nSPS) is 19.0. The Morgan fingerprint density at radius 1 is 0.487 bits per heavy atom. The van der Waals surface area contributed by atoms with E-state index in [9.17, 15) is 10.2 Å². The van der Waals surface area contributed by atoms with Crippen LogP contribution >= 0.6 is 0 Å². The molecule has 0 spiro atoms. The Morgan fingerprint density at radius 2 is 0.897 bits per heavy atom. The number of hydrogen-bond acceptors (Lipinski definition) is 2. The molecule has 7 rings (SSSR count). The molecular weight excluding hydrogens is 476 g/mol. The number of benzene rings is 4. The van der Waals surface area contributed by atoms with Crippen molar-refractivity contribution in [3.63, 3.8) is 0 Å². The summed E-state index contributed by atoms with van der Waals surface area (Å²) in [4.78, 5) is 0. The van der Waals surface area contributed by atoms with E-state index in [0.717, 1.165) is 36.8 Å². The van der Waals surface area contributed by atoms with E-state index in [0.29, 0.717) is 23.3 Å². The van der Waals surface area contributed by atoms with Gasteiger partial charge in [-0.2, -0.15) is 0 Å². The fraction of sp³-hybridized carbons (Fsp3) is 0.351. The summed E-state index contributed by atoms with van der Waals surface area (Å²) in [6, 6.07) is 30.5. The number of aromatic hydroxyl groups is 2. The second kappa shape index (κ2) is 9.90. The van der Waals surface area contributed by atoms with Crippen molar-refractivity contribution in [3.8, 4) is 22.6 Å². The van der Waals surface area contributed by atoms with E-state index < -0.39 is 5.41 Å². The molecule has 198 valence electrons. The van der Waals surface area contributed by atoms with Crippen LogP contribution in [0.1, 0.15) is 109 Å². The highest BCUT2D eigenvalue weighted by Crippen LogP contribution is 2.57. The lowest BCUT2D eigenvalue weighted by molar-refractivity contribution is 0.413. The van der Waals surface area contributed by atoms with Crippen LogP contribution < -0.4 is 0 Å². The summed E-state index contributed by atoms with van der Waals surface area (Å²) in [5.41, 5.74) is 9.21. The Kier molecular flexibility index (Phi) is 6.22. The average Bonchev–Trinajstić information content (AvgIpc) is 3.30. The first-order chi connectivity index (χ1) is 19.2. The molecule has 3 aliphatic carbocycles. The highest BCUT2D eigenvalue weighted by molar-refractivity contribution is 5.86. The lowest BCUT2D eigenvalue weighted by Gasteiger charge is -2.36. The van der Waals surface area contributed by atoms with E-state index in [-0.39, 0.29) is 0 Å². The summed E-state index contributed by atoms with van der Waals surface area (Å²) in [5, 5.41) is 22.2.